The predicted octanol–water partition coefficient (Wildman–Crippen LogP) is 6.05. The Bertz CT molecular complexity index is 963. The predicted molar refractivity (Wildman–Crippen MR) is 138 cm³/mol. The molecule has 2 fully saturated rings. The van der Waals surface area contributed by atoms with Gasteiger partial charge in [0, 0.05) is 14.3 Å². The summed E-state index contributed by atoms with van der Waals surface area (Å²) in [7, 11) is 2.42. The maximum Gasteiger partial charge on any atom is 0.338 e. The Balaban J connectivity index is 0.000000204. The molecule has 2 aromatic carbocycles. The van der Waals surface area contributed by atoms with E-state index in [-0.39, 0.29) is 5.97 Å². The van der Waals surface area contributed by atoms with E-state index in [1.54, 1.807) is 6.07 Å². The molecular formula is C24H28I2O5. The second-order valence-electron chi connectivity index (χ2n) is 7.72. The van der Waals surface area contributed by atoms with Crippen molar-refractivity contribution < 1.29 is 24.5 Å². The Morgan fingerprint density at radius 2 is 1.23 bits per heavy atom. The number of ether oxygens (including phenoxy) is 1. The first-order valence-corrected chi connectivity index (χ1v) is 12.2. The van der Waals surface area contributed by atoms with Gasteiger partial charge < -0.3 is 14.9 Å². The molecule has 2 saturated carbocycles. The van der Waals surface area contributed by atoms with E-state index in [0.29, 0.717) is 17.0 Å². The van der Waals surface area contributed by atoms with Crippen molar-refractivity contribution in [2.45, 2.75) is 51.4 Å². The third-order valence-electron chi connectivity index (χ3n) is 5.36. The van der Waals surface area contributed by atoms with E-state index >= 15 is 0 Å². The normalized spacial score (nSPS) is 14.5. The minimum Gasteiger partial charge on any atom is -0.478 e. The number of esters is 1. The highest BCUT2D eigenvalue weighted by Crippen LogP contribution is 2.43. The second-order valence-corrected chi connectivity index (χ2v) is 10.0. The Kier molecular flexibility index (Phi) is 9.75. The maximum atomic E-state index is 11.5. The van der Waals surface area contributed by atoms with Gasteiger partial charge >= 0.3 is 11.9 Å². The van der Waals surface area contributed by atoms with Gasteiger partial charge in [0.05, 0.1) is 18.2 Å². The molecule has 0 bridgehead atoms. The number of aromatic carboxylic acids is 1. The van der Waals surface area contributed by atoms with E-state index < -0.39 is 5.97 Å². The zero-order valence-corrected chi connectivity index (χ0v) is 22.5. The van der Waals surface area contributed by atoms with E-state index in [9.17, 15) is 9.59 Å². The quantitative estimate of drug-likeness (QED) is 0.311. The summed E-state index contributed by atoms with van der Waals surface area (Å²) in [4.78, 5) is 22.3. The van der Waals surface area contributed by atoms with Crippen molar-refractivity contribution in [3.63, 3.8) is 0 Å². The Hall–Kier alpha value is -1.20. The molecule has 0 heterocycles. The summed E-state index contributed by atoms with van der Waals surface area (Å²) in [5, 5.41) is 15.9. The number of benzene rings is 2. The number of carboxylic acid groups (broad SMARTS) is 1. The maximum absolute atomic E-state index is 11.5. The molecule has 0 unspecified atom stereocenters. The molecule has 2 aromatic rings. The number of aryl methyl sites for hydroxylation is 2. The molecule has 2 N–H and O–H groups in total. The molecule has 0 saturated heterocycles. The molecule has 0 aromatic heterocycles. The van der Waals surface area contributed by atoms with Crippen LogP contribution in [0.5, 0.6) is 0 Å². The first-order chi connectivity index (χ1) is 14.7. The van der Waals surface area contributed by atoms with E-state index in [4.69, 9.17) is 14.9 Å². The van der Waals surface area contributed by atoms with Crippen molar-refractivity contribution in [2.75, 3.05) is 14.2 Å². The van der Waals surface area contributed by atoms with Crippen LogP contribution in [0, 0.1) is 21.0 Å². The van der Waals surface area contributed by atoms with E-state index in [1.807, 2.05) is 26.0 Å². The SMILES string of the molecule is CO.COC(=O)c1cc(I)c(C2CC2)cc1C.Cc1cc(C2CC2)c(I)cc1C(=O)O. The summed E-state index contributed by atoms with van der Waals surface area (Å²) >= 11 is 4.53. The first-order valence-electron chi connectivity index (χ1n) is 10.1. The average Bonchev–Trinajstić information content (AvgIpc) is 3.65. The lowest BCUT2D eigenvalue weighted by molar-refractivity contribution is 0.0599. The molecule has 0 amide bonds. The molecule has 168 valence electrons. The highest BCUT2D eigenvalue weighted by atomic mass is 127. The van der Waals surface area contributed by atoms with Crippen molar-refractivity contribution in [1.82, 2.24) is 0 Å². The van der Waals surface area contributed by atoms with Crippen LogP contribution in [0.1, 0.15) is 80.5 Å². The van der Waals surface area contributed by atoms with E-state index in [1.165, 1.54) is 47.5 Å². The van der Waals surface area contributed by atoms with Crippen LogP contribution < -0.4 is 0 Å². The summed E-state index contributed by atoms with van der Waals surface area (Å²) in [6.45, 7) is 3.83. The molecule has 2 aliphatic carbocycles. The largest absolute Gasteiger partial charge is 0.478 e. The van der Waals surface area contributed by atoms with Crippen LogP contribution in [-0.4, -0.2) is 36.4 Å². The second kappa shape index (κ2) is 11.6. The van der Waals surface area contributed by atoms with Gasteiger partial charge in [-0.1, -0.05) is 12.1 Å². The van der Waals surface area contributed by atoms with Crippen molar-refractivity contribution in [2.24, 2.45) is 0 Å². The molecule has 0 atom stereocenters. The number of aliphatic hydroxyl groups is 1. The fourth-order valence-corrected chi connectivity index (χ4v) is 5.20. The van der Waals surface area contributed by atoms with E-state index in [2.05, 4.69) is 51.2 Å². The monoisotopic (exact) mass is 650 g/mol. The Morgan fingerprint density at radius 3 is 1.58 bits per heavy atom. The number of carbonyl (C=O) groups excluding carboxylic acids is 1. The third kappa shape index (κ3) is 6.89. The number of carboxylic acids is 1. The number of carbonyl (C=O) groups is 2. The van der Waals surface area contributed by atoms with Gasteiger partial charge in [-0.25, -0.2) is 9.59 Å². The summed E-state index contributed by atoms with van der Waals surface area (Å²) < 4.78 is 7.02. The minimum atomic E-state index is -0.831. The lowest BCUT2D eigenvalue weighted by Gasteiger charge is -2.09. The van der Waals surface area contributed by atoms with Gasteiger partial charge in [-0.15, -0.1) is 0 Å². The number of hydrogen-bond donors (Lipinski definition) is 2. The highest BCUT2D eigenvalue weighted by Gasteiger charge is 2.27. The van der Waals surface area contributed by atoms with Crippen molar-refractivity contribution in [3.05, 3.63) is 64.8 Å². The lowest BCUT2D eigenvalue weighted by atomic mass is 10.0. The first kappa shape index (κ1) is 26.1. The fraction of sp³-hybridized carbons (Fsp3) is 0.417. The van der Waals surface area contributed by atoms with Gasteiger partial charge in [-0.3, -0.25) is 0 Å². The summed E-state index contributed by atoms with van der Waals surface area (Å²) in [5.74, 6) is 0.335. The van der Waals surface area contributed by atoms with Gasteiger partial charge in [-0.05, 0) is 131 Å². The number of methoxy groups -OCH3 is 1. The molecule has 0 spiro atoms. The molecule has 7 heteroatoms. The smallest absolute Gasteiger partial charge is 0.338 e. The van der Waals surface area contributed by atoms with Crippen LogP contribution in [0.4, 0.5) is 0 Å². The third-order valence-corrected chi connectivity index (χ3v) is 7.23. The zero-order chi connectivity index (χ0) is 23.3. The summed E-state index contributed by atoms with van der Waals surface area (Å²) in [5.41, 5.74) is 5.72. The van der Waals surface area contributed by atoms with Crippen LogP contribution in [-0.2, 0) is 4.74 Å². The van der Waals surface area contributed by atoms with E-state index in [0.717, 1.165) is 27.7 Å². The zero-order valence-electron chi connectivity index (χ0n) is 18.2. The Labute approximate surface area is 210 Å². The summed E-state index contributed by atoms with van der Waals surface area (Å²) in [6, 6.07) is 7.88. The van der Waals surface area contributed by atoms with Gasteiger partial charge in [0.2, 0.25) is 0 Å². The number of rotatable bonds is 4. The fourth-order valence-electron chi connectivity index (χ4n) is 3.38. The summed E-state index contributed by atoms with van der Waals surface area (Å²) in [6.07, 6.45) is 5.07. The van der Waals surface area contributed by atoms with Crippen molar-refractivity contribution in [1.29, 1.82) is 0 Å². The van der Waals surface area contributed by atoms with Gasteiger partial charge in [0.25, 0.3) is 0 Å². The van der Waals surface area contributed by atoms with Crippen LogP contribution >= 0.6 is 45.2 Å². The van der Waals surface area contributed by atoms with Crippen LogP contribution in [0.2, 0.25) is 0 Å². The number of hydrogen-bond acceptors (Lipinski definition) is 4. The van der Waals surface area contributed by atoms with Gasteiger partial charge in [0.15, 0.2) is 0 Å². The highest BCUT2D eigenvalue weighted by molar-refractivity contribution is 14.1. The average molecular weight is 650 g/mol. The molecule has 2 aliphatic rings. The van der Waals surface area contributed by atoms with Gasteiger partial charge in [-0.2, -0.15) is 0 Å². The lowest BCUT2D eigenvalue weighted by Crippen LogP contribution is -2.05. The molecule has 4 rings (SSSR count). The molecule has 31 heavy (non-hydrogen) atoms. The topological polar surface area (TPSA) is 83.8 Å². The standard InChI is InChI=1S/C12H13IO2.C11H11IO2.CH4O/c1-7-5-10(8-3-4-8)11(13)6-9(7)12(14)15-2;1-6-4-9(7-2-3-7)10(12)5-8(6)11(13)14;1-2/h5-6,8H,3-4H2,1-2H3;4-5,7H,2-3H2,1H3,(H,13,14);2H,1H3. The van der Waals surface area contributed by atoms with Crippen LogP contribution in [0.25, 0.3) is 0 Å². The van der Waals surface area contributed by atoms with Crippen molar-refractivity contribution in [3.8, 4) is 0 Å². The number of aliphatic hydroxyl groups excluding tert-OH is 1. The van der Waals surface area contributed by atoms with Gasteiger partial charge in [0.1, 0.15) is 0 Å². The molecule has 0 aliphatic heterocycles. The van der Waals surface area contributed by atoms with Crippen LogP contribution in [0.3, 0.4) is 0 Å². The molecular weight excluding hydrogens is 622 g/mol. The van der Waals surface area contributed by atoms with Crippen molar-refractivity contribution >= 4 is 57.1 Å². The Morgan fingerprint density at radius 1 is 0.839 bits per heavy atom. The number of halogens is 2. The van der Waals surface area contributed by atoms with Crippen LogP contribution in [0.15, 0.2) is 24.3 Å². The molecule has 5 nitrogen and oxygen atoms in total. The molecule has 0 radical (unpaired) electrons. The minimum absolute atomic E-state index is 0.243.